The Labute approximate surface area is 102 Å². The number of rotatable bonds is 5. The number of nitrogens with zero attached hydrogens (tertiary/aromatic N) is 2. The summed E-state index contributed by atoms with van der Waals surface area (Å²) >= 11 is 1.55. The van der Waals surface area contributed by atoms with Gasteiger partial charge in [0.15, 0.2) is 0 Å². The van der Waals surface area contributed by atoms with E-state index in [0.29, 0.717) is 6.04 Å². The van der Waals surface area contributed by atoms with Crippen LogP contribution in [0.1, 0.15) is 56.4 Å². The molecular weight excluding hydrogens is 218 g/mol. The summed E-state index contributed by atoms with van der Waals surface area (Å²) in [6.07, 6.45) is 10.0. The normalized spacial score (nSPS) is 19.8. The van der Waals surface area contributed by atoms with E-state index >= 15 is 0 Å². The third kappa shape index (κ3) is 3.01. The van der Waals surface area contributed by atoms with Crippen molar-refractivity contribution in [2.24, 2.45) is 5.92 Å². The quantitative estimate of drug-likeness (QED) is 0.857. The molecular formula is C12H21N3S. The molecule has 1 aliphatic carbocycles. The Morgan fingerprint density at radius 3 is 2.88 bits per heavy atom. The van der Waals surface area contributed by atoms with Gasteiger partial charge in [0.2, 0.25) is 0 Å². The molecule has 1 unspecified atom stereocenters. The van der Waals surface area contributed by atoms with Crippen LogP contribution < -0.4 is 5.32 Å². The molecule has 1 atom stereocenters. The van der Waals surface area contributed by atoms with Crippen molar-refractivity contribution in [3.63, 3.8) is 0 Å². The fourth-order valence-corrected chi connectivity index (χ4v) is 3.25. The molecule has 90 valence electrons. The summed E-state index contributed by atoms with van der Waals surface area (Å²) in [5.74, 6) is 0.794. The Morgan fingerprint density at radius 1 is 1.44 bits per heavy atom. The number of nitrogens with one attached hydrogen (secondary N) is 1. The van der Waals surface area contributed by atoms with Crippen molar-refractivity contribution in [2.75, 3.05) is 6.54 Å². The first kappa shape index (κ1) is 12.0. The minimum atomic E-state index is 0.500. The Hall–Kier alpha value is -0.480. The van der Waals surface area contributed by atoms with Gasteiger partial charge in [-0.3, -0.25) is 0 Å². The van der Waals surface area contributed by atoms with Gasteiger partial charge in [0.1, 0.15) is 0 Å². The number of aromatic nitrogens is 2. The lowest BCUT2D eigenvalue weighted by atomic mass is 9.83. The van der Waals surface area contributed by atoms with Crippen molar-refractivity contribution in [2.45, 2.75) is 51.5 Å². The molecule has 0 aliphatic heterocycles. The van der Waals surface area contributed by atoms with Crippen molar-refractivity contribution in [3.05, 3.63) is 11.1 Å². The first-order valence-corrected chi connectivity index (χ1v) is 7.19. The second-order valence-electron chi connectivity index (χ2n) is 4.65. The smallest absolute Gasteiger partial charge is 0.0669 e. The second-order valence-corrected chi connectivity index (χ2v) is 5.47. The summed E-state index contributed by atoms with van der Waals surface area (Å²) in [6.45, 7) is 3.31. The zero-order chi connectivity index (χ0) is 11.2. The monoisotopic (exact) mass is 239 g/mol. The summed E-state index contributed by atoms with van der Waals surface area (Å²) in [5, 5.41) is 7.65. The van der Waals surface area contributed by atoms with Crippen LogP contribution in [0.5, 0.6) is 0 Å². The van der Waals surface area contributed by atoms with Crippen molar-refractivity contribution in [1.29, 1.82) is 0 Å². The van der Waals surface area contributed by atoms with E-state index in [9.17, 15) is 0 Å². The summed E-state index contributed by atoms with van der Waals surface area (Å²) in [4.78, 5) is 1.32. The lowest BCUT2D eigenvalue weighted by Gasteiger charge is -2.29. The first-order valence-electron chi connectivity index (χ1n) is 6.42. The highest BCUT2D eigenvalue weighted by atomic mass is 32.1. The SMILES string of the molecule is CCCNC(c1cnns1)C1CCCCC1. The zero-order valence-electron chi connectivity index (χ0n) is 9.98. The van der Waals surface area contributed by atoms with E-state index in [1.807, 2.05) is 6.20 Å². The molecule has 1 aromatic rings. The Morgan fingerprint density at radius 2 is 2.25 bits per heavy atom. The summed E-state index contributed by atoms with van der Waals surface area (Å²) in [7, 11) is 0. The van der Waals surface area contributed by atoms with Crippen LogP contribution in [0.2, 0.25) is 0 Å². The van der Waals surface area contributed by atoms with Crippen LogP contribution in [-0.4, -0.2) is 16.1 Å². The van der Waals surface area contributed by atoms with E-state index in [2.05, 4.69) is 21.8 Å². The molecule has 1 aliphatic rings. The molecule has 1 heterocycles. The highest BCUT2D eigenvalue weighted by Gasteiger charge is 2.25. The molecule has 0 spiro atoms. The zero-order valence-corrected chi connectivity index (χ0v) is 10.8. The van der Waals surface area contributed by atoms with Gasteiger partial charge in [0.05, 0.1) is 11.1 Å². The van der Waals surface area contributed by atoms with E-state index in [1.54, 1.807) is 11.5 Å². The van der Waals surface area contributed by atoms with Gasteiger partial charge in [0, 0.05) is 6.04 Å². The van der Waals surface area contributed by atoms with Crippen molar-refractivity contribution >= 4 is 11.5 Å². The lowest BCUT2D eigenvalue weighted by molar-refractivity contribution is 0.274. The van der Waals surface area contributed by atoms with Crippen molar-refractivity contribution in [1.82, 2.24) is 14.9 Å². The van der Waals surface area contributed by atoms with E-state index in [1.165, 1.54) is 43.4 Å². The maximum atomic E-state index is 4.00. The lowest BCUT2D eigenvalue weighted by Crippen LogP contribution is -2.29. The van der Waals surface area contributed by atoms with Crippen LogP contribution in [0.3, 0.4) is 0 Å². The van der Waals surface area contributed by atoms with Gasteiger partial charge >= 0.3 is 0 Å². The summed E-state index contributed by atoms with van der Waals surface area (Å²) in [6, 6.07) is 0.500. The topological polar surface area (TPSA) is 37.8 Å². The minimum Gasteiger partial charge on any atom is -0.309 e. The van der Waals surface area contributed by atoms with Gasteiger partial charge in [-0.15, -0.1) is 5.10 Å². The average Bonchev–Trinajstić information content (AvgIpc) is 2.85. The Bertz CT molecular complexity index is 280. The molecule has 1 saturated carbocycles. The largest absolute Gasteiger partial charge is 0.309 e. The van der Waals surface area contributed by atoms with Crippen molar-refractivity contribution < 1.29 is 0 Å². The molecule has 0 amide bonds. The predicted molar refractivity (Wildman–Crippen MR) is 67.5 cm³/mol. The second kappa shape index (κ2) is 6.30. The predicted octanol–water partition coefficient (Wildman–Crippen LogP) is 3.16. The van der Waals surface area contributed by atoms with E-state index in [-0.39, 0.29) is 0 Å². The average molecular weight is 239 g/mol. The van der Waals surface area contributed by atoms with Gasteiger partial charge < -0.3 is 5.32 Å². The third-order valence-corrected chi connectivity index (χ3v) is 4.17. The Balaban J connectivity index is 2.01. The molecule has 4 heteroatoms. The van der Waals surface area contributed by atoms with Crippen LogP contribution in [0.15, 0.2) is 6.20 Å². The van der Waals surface area contributed by atoms with Gasteiger partial charge in [-0.05, 0) is 43.3 Å². The highest BCUT2D eigenvalue weighted by molar-refractivity contribution is 7.05. The fourth-order valence-electron chi connectivity index (χ4n) is 2.58. The molecule has 1 aromatic heterocycles. The first-order chi connectivity index (χ1) is 7.92. The van der Waals surface area contributed by atoms with Gasteiger partial charge in [0.25, 0.3) is 0 Å². The number of hydrogen-bond donors (Lipinski definition) is 1. The molecule has 1 fully saturated rings. The van der Waals surface area contributed by atoms with Crippen LogP contribution in [0.4, 0.5) is 0 Å². The molecule has 0 aromatic carbocycles. The summed E-state index contributed by atoms with van der Waals surface area (Å²) in [5.41, 5.74) is 0. The molecule has 0 bridgehead atoms. The van der Waals surface area contributed by atoms with Crippen LogP contribution in [0.25, 0.3) is 0 Å². The van der Waals surface area contributed by atoms with E-state index in [4.69, 9.17) is 0 Å². The molecule has 1 N–H and O–H groups in total. The molecule has 0 radical (unpaired) electrons. The van der Waals surface area contributed by atoms with E-state index < -0.39 is 0 Å². The maximum absolute atomic E-state index is 4.00. The summed E-state index contributed by atoms with van der Waals surface area (Å²) < 4.78 is 4.00. The van der Waals surface area contributed by atoms with Gasteiger partial charge in [-0.2, -0.15) is 0 Å². The number of hydrogen-bond acceptors (Lipinski definition) is 4. The van der Waals surface area contributed by atoms with Crippen LogP contribution >= 0.6 is 11.5 Å². The Kier molecular flexibility index (Phi) is 4.72. The van der Waals surface area contributed by atoms with Crippen molar-refractivity contribution in [3.8, 4) is 0 Å². The van der Waals surface area contributed by atoms with Crippen LogP contribution in [-0.2, 0) is 0 Å². The molecule has 16 heavy (non-hydrogen) atoms. The van der Waals surface area contributed by atoms with Crippen LogP contribution in [0, 0.1) is 5.92 Å². The van der Waals surface area contributed by atoms with E-state index in [0.717, 1.165) is 12.5 Å². The van der Waals surface area contributed by atoms with Gasteiger partial charge in [-0.25, -0.2) is 0 Å². The molecule has 3 nitrogen and oxygen atoms in total. The molecule has 0 saturated heterocycles. The standard InChI is InChI=1S/C12H21N3S/c1-2-8-13-12(11-9-14-15-16-11)10-6-4-3-5-7-10/h9-10,12-13H,2-8H2,1H3. The van der Waals surface area contributed by atoms with Gasteiger partial charge in [-0.1, -0.05) is 30.7 Å². The fraction of sp³-hybridized carbons (Fsp3) is 0.833. The minimum absolute atomic E-state index is 0.500. The highest BCUT2D eigenvalue weighted by Crippen LogP contribution is 2.35. The maximum Gasteiger partial charge on any atom is 0.0669 e. The molecule has 2 rings (SSSR count). The third-order valence-electron chi connectivity index (χ3n) is 3.42.